The van der Waals surface area contributed by atoms with Crippen LogP contribution in [0.3, 0.4) is 0 Å². The second-order valence-corrected chi connectivity index (χ2v) is 3.66. The lowest BCUT2D eigenvalue weighted by atomic mass is 10.2. The number of rotatable bonds is 4. The van der Waals surface area contributed by atoms with Gasteiger partial charge >= 0.3 is 6.09 Å². The van der Waals surface area contributed by atoms with Gasteiger partial charge in [-0.15, -0.1) is 0 Å². The van der Waals surface area contributed by atoms with E-state index in [1.54, 1.807) is 7.11 Å². The van der Waals surface area contributed by atoms with Gasteiger partial charge in [0.05, 0.1) is 12.6 Å². The Labute approximate surface area is 98.6 Å². The molecule has 0 atom stereocenters. The maximum Gasteiger partial charge on any atom is 0.404 e. The summed E-state index contributed by atoms with van der Waals surface area (Å²) in [5, 5.41) is 10.9. The molecule has 0 aliphatic carbocycles. The number of nitrogens with zero attached hydrogens (tertiary/aromatic N) is 1. The smallest absolute Gasteiger partial charge is 0.404 e. The molecule has 0 radical (unpaired) electrons. The number of ether oxygens (including phenoxy) is 1. The molecule has 0 unspecified atom stereocenters. The number of carboxylic acid groups (broad SMARTS) is 1. The van der Waals surface area contributed by atoms with E-state index < -0.39 is 6.09 Å². The van der Waals surface area contributed by atoms with Crippen LogP contribution in [-0.4, -0.2) is 29.3 Å². The lowest BCUT2D eigenvalue weighted by molar-refractivity contribution is 0.194. The molecule has 0 aliphatic heterocycles. The standard InChI is InChI=1S/C12H14N2O3/c1-17-10-3-2-7-14-8-5-9(11(10)14)4-6-13-12(15)16/h2-3,5,7-8,13H,4,6H2,1H3,(H,15,16). The van der Waals surface area contributed by atoms with E-state index in [2.05, 4.69) is 5.32 Å². The first-order valence-corrected chi connectivity index (χ1v) is 5.31. The molecule has 2 N–H and O–H groups in total. The normalized spacial score (nSPS) is 10.4. The van der Waals surface area contributed by atoms with Crippen molar-refractivity contribution in [1.82, 2.24) is 9.72 Å². The molecule has 5 heteroatoms. The van der Waals surface area contributed by atoms with E-state index in [0.29, 0.717) is 13.0 Å². The van der Waals surface area contributed by atoms with Crippen LogP contribution in [0, 0.1) is 0 Å². The third kappa shape index (κ3) is 2.33. The molecular formula is C12H14N2O3. The molecule has 0 saturated carbocycles. The molecule has 1 amide bonds. The van der Waals surface area contributed by atoms with Crippen molar-refractivity contribution in [1.29, 1.82) is 0 Å². The number of nitrogens with one attached hydrogen (secondary N) is 1. The van der Waals surface area contributed by atoms with Crippen LogP contribution in [0.4, 0.5) is 4.79 Å². The van der Waals surface area contributed by atoms with Gasteiger partial charge in [0.25, 0.3) is 0 Å². The minimum Gasteiger partial charge on any atom is -0.495 e. The molecule has 90 valence electrons. The van der Waals surface area contributed by atoms with E-state index in [9.17, 15) is 4.79 Å². The minimum absolute atomic E-state index is 0.396. The third-order valence-electron chi connectivity index (χ3n) is 2.62. The van der Waals surface area contributed by atoms with Gasteiger partial charge in [-0.3, -0.25) is 0 Å². The predicted octanol–water partition coefficient (Wildman–Crippen LogP) is 1.76. The Kier molecular flexibility index (Phi) is 3.18. The first-order valence-electron chi connectivity index (χ1n) is 5.31. The summed E-state index contributed by atoms with van der Waals surface area (Å²) in [4.78, 5) is 10.4. The SMILES string of the molecule is COc1cccn2ccc(CCNC(=O)O)c12. The van der Waals surface area contributed by atoms with Crippen LogP contribution in [0.15, 0.2) is 30.6 Å². The van der Waals surface area contributed by atoms with Crippen LogP contribution < -0.4 is 10.1 Å². The van der Waals surface area contributed by atoms with Gasteiger partial charge in [0.2, 0.25) is 0 Å². The first kappa shape index (κ1) is 11.3. The number of hydrogen-bond donors (Lipinski definition) is 2. The second-order valence-electron chi connectivity index (χ2n) is 3.66. The predicted molar refractivity (Wildman–Crippen MR) is 63.7 cm³/mol. The molecule has 0 bridgehead atoms. The average molecular weight is 234 g/mol. The van der Waals surface area contributed by atoms with Crippen LogP contribution in [0.1, 0.15) is 5.56 Å². The van der Waals surface area contributed by atoms with Crippen LogP contribution in [0.2, 0.25) is 0 Å². The molecule has 0 saturated heterocycles. The van der Waals surface area contributed by atoms with Crippen molar-refractivity contribution in [3.8, 4) is 5.75 Å². The zero-order valence-electron chi connectivity index (χ0n) is 9.51. The van der Waals surface area contributed by atoms with Gasteiger partial charge in [-0.1, -0.05) is 0 Å². The molecule has 0 aromatic carbocycles. The summed E-state index contributed by atoms with van der Waals surface area (Å²) in [5.74, 6) is 0.794. The first-order chi connectivity index (χ1) is 8.22. The fourth-order valence-corrected chi connectivity index (χ4v) is 1.87. The largest absolute Gasteiger partial charge is 0.495 e. The number of hydrogen-bond acceptors (Lipinski definition) is 2. The number of carbonyl (C=O) groups is 1. The number of methoxy groups -OCH3 is 1. The van der Waals surface area contributed by atoms with Gasteiger partial charge in [-0.2, -0.15) is 0 Å². The molecule has 2 heterocycles. The Balaban J connectivity index is 2.25. The summed E-state index contributed by atoms with van der Waals surface area (Å²) < 4.78 is 7.26. The van der Waals surface area contributed by atoms with E-state index >= 15 is 0 Å². The van der Waals surface area contributed by atoms with Gasteiger partial charge in [-0.05, 0) is 30.2 Å². The number of amides is 1. The zero-order valence-corrected chi connectivity index (χ0v) is 9.51. The Hall–Kier alpha value is -2.17. The summed E-state index contributed by atoms with van der Waals surface area (Å²) in [7, 11) is 1.63. The van der Waals surface area contributed by atoms with Crippen molar-refractivity contribution in [2.24, 2.45) is 0 Å². The van der Waals surface area contributed by atoms with Gasteiger partial charge in [0.1, 0.15) is 5.75 Å². The van der Waals surface area contributed by atoms with Crippen molar-refractivity contribution in [3.05, 3.63) is 36.2 Å². The van der Waals surface area contributed by atoms with Crippen molar-refractivity contribution in [2.75, 3.05) is 13.7 Å². The summed E-state index contributed by atoms with van der Waals surface area (Å²) >= 11 is 0. The minimum atomic E-state index is -1.000. The van der Waals surface area contributed by atoms with Gasteiger partial charge < -0.3 is 19.6 Å². The Bertz CT molecular complexity index is 534. The second kappa shape index (κ2) is 4.78. The van der Waals surface area contributed by atoms with E-state index in [0.717, 1.165) is 16.8 Å². The average Bonchev–Trinajstić information content (AvgIpc) is 2.72. The summed E-state index contributed by atoms with van der Waals surface area (Å²) in [6, 6.07) is 5.77. The molecule has 0 aliphatic rings. The van der Waals surface area contributed by atoms with Crippen molar-refractivity contribution in [3.63, 3.8) is 0 Å². The van der Waals surface area contributed by atoms with E-state index in [1.807, 2.05) is 35.0 Å². The van der Waals surface area contributed by atoms with E-state index in [4.69, 9.17) is 9.84 Å². The summed E-state index contributed by atoms with van der Waals surface area (Å²) in [6.07, 6.45) is 3.52. The van der Waals surface area contributed by atoms with Crippen molar-refractivity contribution < 1.29 is 14.6 Å². The van der Waals surface area contributed by atoms with Crippen molar-refractivity contribution >= 4 is 11.6 Å². The Morgan fingerprint density at radius 2 is 2.29 bits per heavy atom. The van der Waals surface area contributed by atoms with Gasteiger partial charge in [0.15, 0.2) is 0 Å². The van der Waals surface area contributed by atoms with Crippen LogP contribution in [0.5, 0.6) is 5.75 Å². The monoisotopic (exact) mass is 234 g/mol. The highest BCUT2D eigenvalue weighted by atomic mass is 16.5. The topological polar surface area (TPSA) is 63.0 Å². The summed E-state index contributed by atoms with van der Waals surface area (Å²) in [6.45, 7) is 0.396. The lowest BCUT2D eigenvalue weighted by Crippen LogP contribution is -2.23. The third-order valence-corrected chi connectivity index (χ3v) is 2.62. The maximum absolute atomic E-state index is 10.4. The number of aromatic nitrogens is 1. The van der Waals surface area contributed by atoms with E-state index in [-0.39, 0.29) is 0 Å². The quantitative estimate of drug-likeness (QED) is 0.847. The highest BCUT2D eigenvalue weighted by molar-refractivity contribution is 5.67. The molecule has 0 spiro atoms. The summed E-state index contributed by atoms with van der Waals surface area (Å²) in [5.41, 5.74) is 2.05. The van der Waals surface area contributed by atoms with Crippen LogP contribution in [-0.2, 0) is 6.42 Å². The number of fused-ring (bicyclic) bond motifs is 1. The zero-order chi connectivity index (χ0) is 12.3. The van der Waals surface area contributed by atoms with Gasteiger partial charge in [0, 0.05) is 18.9 Å². The Morgan fingerprint density at radius 1 is 1.47 bits per heavy atom. The van der Waals surface area contributed by atoms with E-state index in [1.165, 1.54) is 0 Å². The molecule has 2 rings (SSSR count). The molecule has 2 aromatic heterocycles. The molecule has 0 fully saturated rings. The van der Waals surface area contributed by atoms with Gasteiger partial charge in [-0.25, -0.2) is 4.79 Å². The van der Waals surface area contributed by atoms with Crippen LogP contribution in [0.25, 0.3) is 5.52 Å². The molecule has 17 heavy (non-hydrogen) atoms. The fourth-order valence-electron chi connectivity index (χ4n) is 1.87. The highest BCUT2D eigenvalue weighted by Gasteiger charge is 2.07. The highest BCUT2D eigenvalue weighted by Crippen LogP contribution is 2.24. The fraction of sp³-hybridized carbons (Fsp3) is 0.250. The van der Waals surface area contributed by atoms with Crippen molar-refractivity contribution in [2.45, 2.75) is 6.42 Å². The lowest BCUT2D eigenvalue weighted by Gasteiger charge is -2.06. The molecule has 5 nitrogen and oxygen atoms in total. The number of pyridine rings is 1. The Morgan fingerprint density at radius 3 is 3.00 bits per heavy atom. The molecular weight excluding hydrogens is 220 g/mol. The molecule has 2 aromatic rings. The van der Waals surface area contributed by atoms with Crippen LogP contribution >= 0.6 is 0 Å². The maximum atomic E-state index is 10.4.